The molecule has 2 aliphatic carbocycles. The number of alkyl halides is 2. The zero-order chi connectivity index (χ0) is 16.9. The fraction of sp³-hybridized carbons (Fsp3) is 0.812. The zero-order valence-electron chi connectivity index (χ0n) is 13.4. The van der Waals surface area contributed by atoms with Crippen molar-refractivity contribution in [2.75, 3.05) is 13.1 Å². The summed E-state index contributed by atoms with van der Waals surface area (Å²) in [5, 5.41) is 14.1. The first-order valence-electron chi connectivity index (χ1n) is 8.64. The summed E-state index contributed by atoms with van der Waals surface area (Å²) in [6, 6.07) is 0. The maximum atomic E-state index is 14.5. The van der Waals surface area contributed by atoms with Crippen LogP contribution in [0.15, 0.2) is 4.52 Å². The van der Waals surface area contributed by atoms with Crippen LogP contribution in [0.2, 0.25) is 0 Å². The fourth-order valence-corrected chi connectivity index (χ4v) is 3.74. The van der Waals surface area contributed by atoms with Crippen molar-refractivity contribution in [3.05, 3.63) is 11.7 Å². The molecule has 0 radical (unpaired) electrons. The summed E-state index contributed by atoms with van der Waals surface area (Å²) < 4.78 is 34.3. The van der Waals surface area contributed by atoms with Crippen molar-refractivity contribution < 1.29 is 23.2 Å². The number of rotatable bonds is 4. The molecule has 4 rings (SSSR count). The van der Waals surface area contributed by atoms with E-state index in [1.54, 1.807) is 0 Å². The van der Waals surface area contributed by atoms with E-state index in [0.717, 1.165) is 17.7 Å². The van der Waals surface area contributed by atoms with E-state index in [9.17, 15) is 18.7 Å². The number of hydrogen-bond acceptors (Lipinski definition) is 5. The van der Waals surface area contributed by atoms with Gasteiger partial charge in [-0.1, -0.05) is 18.0 Å². The standard InChI is InChI=1S/C16H21F2N3O3/c17-16(18,15(23)6-1-2-7-15)14(22)21-8-5-11(9-21)13-19-12(20-24-13)10-3-4-10/h10-11,23H,1-9H2/t11-/m0/s1. The van der Waals surface area contributed by atoms with Crippen molar-refractivity contribution in [1.29, 1.82) is 0 Å². The predicted octanol–water partition coefficient (Wildman–Crippen LogP) is 2.20. The van der Waals surface area contributed by atoms with Gasteiger partial charge in [-0.2, -0.15) is 13.8 Å². The molecule has 1 aromatic heterocycles. The number of likely N-dealkylation sites (tertiary alicyclic amines) is 1. The first-order chi connectivity index (χ1) is 11.4. The van der Waals surface area contributed by atoms with E-state index in [1.165, 1.54) is 0 Å². The Morgan fingerprint density at radius 3 is 2.62 bits per heavy atom. The van der Waals surface area contributed by atoms with E-state index < -0.39 is 17.4 Å². The van der Waals surface area contributed by atoms with Gasteiger partial charge in [-0.05, 0) is 32.1 Å². The maximum Gasteiger partial charge on any atom is 0.352 e. The number of nitrogens with zero attached hydrogens (tertiary/aromatic N) is 3. The lowest BCUT2D eigenvalue weighted by atomic mass is 9.92. The highest BCUT2D eigenvalue weighted by Crippen LogP contribution is 2.44. The minimum absolute atomic E-state index is 0.0303. The molecule has 24 heavy (non-hydrogen) atoms. The van der Waals surface area contributed by atoms with Crippen molar-refractivity contribution in [1.82, 2.24) is 15.0 Å². The van der Waals surface area contributed by atoms with Crippen molar-refractivity contribution in [2.45, 2.75) is 68.3 Å². The highest BCUT2D eigenvalue weighted by Gasteiger charge is 2.60. The van der Waals surface area contributed by atoms with Gasteiger partial charge in [0.25, 0.3) is 5.91 Å². The number of amides is 1. The highest BCUT2D eigenvalue weighted by molar-refractivity contribution is 5.85. The van der Waals surface area contributed by atoms with Crippen molar-refractivity contribution >= 4 is 5.91 Å². The average Bonchev–Trinajstić information content (AvgIpc) is 2.98. The lowest BCUT2D eigenvalue weighted by Gasteiger charge is -2.33. The maximum absolute atomic E-state index is 14.5. The molecule has 1 aromatic rings. The summed E-state index contributed by atoms with van der Waals surface area (Å²) in [5.74, 6) is -3.76. The van der Waals surface area contributed by atoms with Crippen LogP contribution in [-0.2, 0) is 4.79 Å². The number of hydrogen-bond donors (Lipinski definition) is 1. The number of aromatic nitrogens is 2. The fourth-order valence-electron chi connectivity index (χ4n) is 3.74. The molecule has 1 aliphatic heterocycles. The molecule has 0 spiro atoms. The summed E-state index contributed by atoms with van der Waals surface area (Å²) in [6.07, 6.45) is 3.61. The Balaban J connectivity index is 1.44. The van der Waals surface area contributed by atoms with Crippen LogP contribution in [0.1, 0.15) is 68.5 Å². The molecule has 2 saturated carbocycles. The van der Waals surface area contributed by atoms with Gasteiger partial charge in [0.05, 0.1) is 5.92 Å². The summed E-state index contributed by atoms with van der Waals surface area (Å²) in [6.45, 7) is 0.354. The molecule has 6 nitrogen and oxygen atoms in total. The highest BCUT2D eigenvalue weighted by atomic mass is 19.3. The zero-order valence-corrected chi connectivity index (χ0v) is 13.4. The summed E-state index contributed by atoms with van der Waals surface area (Å²) in [5.41, 5.74) is -2.20. The number of aliphatic hydroxyl groups is 1. The smallest absolute Gasteiger partial charge is 0.352 e. The molecule has 3 aliphatic rings. The van der Waals surface area contributed by atoms with Crippen LogP contribution < -0.4 is 0 Å². The van der Waals surface area contributed by atoms with Gasteiger partial charge in [0.1, 0.15) is 5.60 Å². The van der Waals surface area contributed by atoms with Crippen molar-refractivity contribution in [2.24, 2.45) is 0 Å². The summed E-state index contributed by atoms with van der Waals surface area (Å²) >= 11 is 0. The SMILES string of the molecule is O=C(N1CC[C@H](c2nc(C3CC3)no2)C1)C(F)(F)C1(O)CCCC1. The van der Waals surface area contributed by atoms with Crippen LogP contribution in [0.4, 0.5) is 8.78 Å². The Hall–Kier alpha value is -1.57. The summed E-state index contributed by atoms with van der Waals surface area (Å²) in [7, 11) is 0. The number of halogens is 2. The normalized spacial score (nSPS) is 27.0. The molecule has 1 N–H and O–H groups in total. The van der Waals surface area contributed by atoms with Gasteiger partial charge < -0.3 is 14.5 Å². The first-order valence-corrected chi connectivity index (χ1v) is 8.64. The number of carbonyl (C=O) groups excluding carboxylic acids is 1. The molecule has 1 atom stereocenters. The van der Waals surface area contributed by atoms with Gasteiger partial charge in [-0.3, -0.25) is 4.79 Å². The van der Waals surface area contributed by atoms with Gasteiger partial charge >= 0.3 is 5.92 Å². The Labute approximate surface area is 138 Å². The van der Waals surface area contributed by atoms with Gasteiger partial charge in [0.15, 0.2) is 5.82 Å². The van der Waals surface area contributed by atoms with Gasteiger partial charge in [0, 0.05) is 19.0 Å². The molecule has 0 unspecified atom stereocenters. The van der Waals surface area contributed by atoms with Crippen molar-refractivity contribution in [3.8, 4) is 0 Å². The van der Waals surface area contributed by atoms with E-state index in [-0.39, 0.29) is 31.8 Å². The van der Waals surface area contributed by atoms with Crippen LogP contribution >= 0.6 is 0 Å². The second kappa shape index (κ2) is 5.47. The van der Waals surface area contributed by atoms with E-state index >= 15 is 0 Å². The molecule has 132 valence electrons. The molecule has 0 aromatic carbocycles. The topological polar surface area (TPSA) is 79.5 Å². The minimum atomic E-state index is -3.74. The second-order valence-corrected chi connectivity index (χ2v) is 7.31. The van der Waals surface area contributed by atoms with Crippen LogP contribution in [-0.4, -0.2) is 50.7 Å². The van der Waals surface area contributed by atoms with Crippen LogP contribution in [0.5, 0.6) is 0 Å². The second-order valence-electron chi connectivity index (χ2n) is 7.31. The lowest BCUT2D eigenvalue weighted by Crippen LogP contribution is -2.56. The Morgan fingerprint density at radius 2 is 1.96 bits per heavy atom. The van der Waals surface area contributed by atoms with Gasteiger partial charge in [-0.15, -0.1) is 0 Å². The van der Waals surface area contributed by atoms with Crippen LogP contribution in [0.25, 0.3) is 0 Å². The largest absolute Gasteiger partial charge is 0.383 e. The third kappa shape index (κ3) is 2.51. The van der Waals surface area contributed by atoms with E-state index in [1.807, 2.05) is 0 Å². The van der Waals surface area contributed by atoms with E-state index in [2.05, 4.69) is 10.1 Å². The molecule has 1 saturated heterocycles. The molecular weight excluding hydrogens is 320 g/mol. The van der Waals surface area contributed by atoms with Crippen LogP contribution in [0, 0.1) is 0 Å². The monoisotopic (exact) mass is 341 g/mol. The third-order valence-corrected chi connectivity index (χ3v) is 5.51. The predicted molar refractivity (Wildman–Crippen MR) is 78.6 cm³/mol. The molecule has 0 bridgehead atoms. The molecule has 8 heteroatoms. The number of carbonyl (C=O) groups is 1. The molecule has 3 fully saturated rings. The Kier molecular flexibility index (Phi) is 3.63. The minimum Gasteiger partial charge on any atom is -0.383 e. The summed E-state index contributed by atoms with van der Waals surface area (Å²) in [4.78, 5) is 17.8. The Bertz CT molecular complexity index is 638. The first kappa shape index (κ1) is 15.9. The lowest BCUT2D eigenvalue weighted by molar-refractivity contribution is -0.199. The Morgan fingerprint density at radius 1 is 1.25 bits per heavy atom. The van der Waals surface area contributed by atoms with E-state index in [4.69, 9.17) is 4.52 Å². The van der Waals surface area contributed by atoms with Crippen molar-refractivity contribution in [3.63, 3.8) is 0 Å². The van der Waals surface area contributed by atoms with Gasteiger partial charge in [-0.25, -0.2) is 0 Å². The van der Waals surface area contributed by atoms with Gasteiger partial charge in [0.2, 0.25) is 5.89 Å². The average molecular weight is 341 g/mol. The quantitative estimate of drug-likeness (QED) is 0.908. The van der Waals surface area contributed by atoms with E-state index in [0.29, 0.717) is 36.9 Å². The van der Waals surface area contributed by atoms with Crippen LogP contribution in [0.3, 0.4) is 0 Å². The molecule has 2 heterocycles. The molecule has 1 amide bonds. The third-order valence-electron chi connectivity index (χ3n) is 5.51. The molecular formula is C16H21F2N3O3.